The largest absolute Gasteiger partial charge is 0.350 e. The Morgan fingerprint density at radius 1 is 1.11 bits per heavy atom. The van der Waals surface area contributed by atoms with Crippen LogP contribution in [-0.2, 0) is 17.1 Å². The molecule has 38 heavy (non-hydrogen) atoms. The van der Waals surface area contributed by atoms with Crippen molar-refractivity contribution in [1.29, 1.82) is 0 Å². The number of nitrogens with one attached hydrogen (secondary N) is 1. The fourth-order valence-electron chi connectivity index (χ4n) is 4.20. The number of fused-ring (bicyclic) bond motifs is 1. The Labute approximate surface area is 229 Å². The lowest BCUT2D eigenvalue weighted by Gasteiger charge is -2.20. The van der Waals surface area contributed by atoms with E-state index in [1.807, 2.05) is 22.6 Å². The Balaban J connectivity index is 1.85. The molecule has 0 bridgehead atoms. The van der Waals surface area contributed by atoms with Gasteiger partial charge >= 0.3 is 0 Å². The lowest BCUT2D eigenvalue weighted by molar-refractivity contribution is 0.590. The van der Waals surface area contributed by atoms with Gasteiger partial charge in [-0.3, -0.25) is 13.9 Å². The molecule has 5 rings (SSSR count). The molecule has 2 aromatic carbocycles. The van der Waals surface area contributed by atoms with Crippen LogP contribution in [0.4, 0.5) is 25.8 Å². The molecule has 0 radical (unpaired) electrons. The molecule has 1 fully saturated rings. The van der Waals surface area contributed by atoms with E-state index in [9.17, 15) is 22.4 Å². The zero-order valence-corrected chi connectivity index (χ0v) is 23.5. The molecule has 9 nitrogen and oxygen atoms in total. The first-order valence-electron chi connectivity index (χ1n) is 11.5. The summed E-state index contributed by atoms with van der Waals surface area (Å²) in [5.74, 6) is -1.92. The van der Waals surface area contributed by atoms with E-state index in [2.05, 4.69) is 10.4 Å². The first kappa shape index (κ1) is 26.3. The molecule has 1 aliphatic carbocycles. The predicted octanol–water partition coefficient (Wildman–Crippen LogP) is 4.12. The lowest BCUT2D eigenvalue weighted by atomic mass is 10.1. The van der Waals surface area contributed by atoms with Crippen LogP contribution in [0.15, 0.2) is 52.1 Å². The van der Waals surface area contributed by atoms with Gasteiger partial charge in [-0.25, -0.2) is 17.5 Å². The first-order chi connectivity index (χ1) is 17.9. The summed E-state index contributed by atoms with van der Waals surface area (Å²) in [6.45, 7) is 0. The van der Waals surface area contributed by atoms with Crippen LogP contribution in [0.2, 0.25) is 0 Å². The van der Waals surface area contributed by atoms with E-state index in [0.29, 0.717) is 27.7 Å². The second-order valence-electron chi connectivity index (χ2n) is 9.14. The second-order valence-corrected chi connectivity index (χ2v) is 12.4. The maximum Gasteiger partial charge on any atom is 0.289 e. The van der Waals surface area contributed by atoms with Crippen LogP contribution >= 0.6 is 22.6 Å². The van der Waals surface area contributed by atoms with Crippen molar-refractivity contribution >= 4 is 60.6 Å². The number of halogens is 3. The zero-order valence-electron chi connectivity index (χ0n) is 20.5. The van der Waals surface area contributed by atoms with Gasteiger partial charge in [-0.05, 0) is 65.8 Å². The maximum absolute atomic E-state index is 15.5. The Bertz CT molecular complexity index is 1850. The van der Waals surface area contributed by atoms with E-state index in [-0.39, 0.29) is 28.3 Å². The van der Waals surface area contributed by atoms with Gasteiger partial charge in [0.1, 0.15) is 11.5 Å². The molecule has 2 aromatic heterocycles. The van der Waals surface area contributed by atoms with Gasteiger partial charge < -0.3 is 9.88 Å². The number of sulfonamides is 1. The normalized spacial score (nSPS) is 13.6. The predicted molar refractivity (Wildman–Crippen MR) is 151 cm³/mol. The van der Waals surface area contributed by atoms with Crippen molar-refractivity contribution in [1.82, 2.24) is 14.3 Å². The Morgan fingerprint density at radius 2 is 1.82 bits per heavy atom. The molecule has 2 heterocycles. The van der Waals surface area contributed by atoms with Gasteiger partial charge in [-0.1, -0.05) is 12.1 Å². The van der Waals surface area contributed by atoms with Crippen molar-refractivity contribution in [2.24, 2.45) is 7.05 Å². The number of nitrogens with zero attached hydrogens (tertiary/aromatic N) is 4. The minimum Gasteiger partial charge on any atom is -0.350 e. The molecule has 1 saturated carbocycles. The highest BCUT2D eigenvalue weighted by Crippen LogP contribution is 2.37. The van der Waals surface area contributed by atoms with Gasteiger partial charge in [0.25, 0.3) is 11.1 Å². The maximum atomic E-state index is 15.5. The van der Waals surface area contributed by atoms with Gasteiger partial charge in [-0.15, -0.1) is 0 Å². The average Bonchev–Trinajstić information content (AvgIpc) is 3.71. The molecular formula is C25H22F2IN5O4S. The molecule has 0 saturated heterocycles. The summed E-state index contributed by atoms with van der Waals surface area (Å²) in [5.41, 5.74) is -1.27. The number of benzene rings is 2. The molecular weight excluding hydrogens is 631 g/mol. The Hall–Kier alpha value is -3.33. The summed E-state index contributed by atoms with van der Waals surface area (Å²) in [5, 5.41) is 7.03. The van der Waals surface area contributed by atoms with Crippen LogP contribution in [0.1, 0.15) is 18.9 Å². The fraction of sp³-hybridized carbons (Fsp3) is 0.240. The third-order valence-electron chi connectivity index (χ3n) is 6.45. The number of anilines is 3. The molecule has 198 valence electrons. The SMILES string of the molecule is CN(c1cccc(-c2nn(C3CC3)c(=O)c3c(Nc4ccc(I)cc4F)c(F)c(=O)n(C)c23)c1)S(C)(=O)=O. The second kappa shape index (κ2) is 9.45. The summed E-state index contributed by atoms with van der Waals surface area (Å²) in [7, 11) is -0.860. The minimum atomic E-state index is -3.58. The van der Waals surface area contributed by atoms with Crippen molar-refractivity contribution in [3.63, 3.8) is 0 Å². The van der Waals surface area contributed by atoms with Gasteiger partial charge in [0, 0.05) is 23.2 Å². The molecule has 4 aromatic rings. The third-order valence-corrected chi connectivity index (χ3v) is 8.33. The van der Waals surface area contributed by atoms with Crippen LogP contribution in [0, 0.1) is 15.2 Å². The number of aromatic nitrogens is 3. The summed E-state index contributed by atoms with van der Waals surface area (Å²) in [4.78, 5) is 26.7. The van der Waals surface area contributed by atoms with Crippen LogP contribution in [0.25, 0.3) is 22.2 Å². The average molecular weight is 653 g/mol. The summed E-state index contributed by atoms with van der Waals surface area (Å²) < 4.78 is 58.4. The Morgan fingerprint density at radius 3 is 2.45 bits per heavy atom. The van der Waals surface area contributed by atoms with Gasteiger partial charge in [0.2, 0.25) is 15.8 Å². The quantitative estimate of drug-likeness (QED) is 0.314. The summed E-state index contributed by atoms with van der Waals surface area (Å²) in [6.07, 6.45) is 2.45. The van der Waals surface area contributed by atoms with Crippen molar-refractivity contribution in [2.45, 2.75) is 18.9 Å². The molecule has 1 aliphatic rings. The van der Waals surface area contributed by atoms with E-state index in [1.165, 1.54) is 30.9 Å². The van der Waals surface area contributed by atoms with Crippen LogP contribution in [-0.4, -0.2) is 36.1 Å². The number of aryl methyl sites for hydroxylation is 1. The van der Waals surface area contributed by atoms with Crippen molar-refractivity contribution in [3.8, 4) is 11.3 Å². The van der Waals surface area contributed by atoms with Gasteiger partial charge in [0.05, 0.1) is 40.3 Å². The lowest BCUT2D eigenvalue weighted by Crippen LogP contribution is -2.30. The van der Waals surface area contributed by atoms with E-state index in [1.54, 1.807) is 30.3 Å². The van der Waals surface area contributed by atoms with Crippen molar-refractivity contribution in [2.75, 3.05) is 22.9 Å². The standard InChI is InChI=1S/C25H22F2IN5O4S/c1-31-23-19(22(20(27)25(31)35)29-18-10-7-14(28)12-17(18)26)24(34)33(15-8-9-15)30-21(23)13-5-4-6-16(11-13)32(2)38(3,36)37/h4-7,10-12,15,29H,8-9H2,1-3H3. The van der Waals surface area contributed by atoms with Crippen LogP contribution < -0.4 is 20.7 Å². The minimum absolute atomic E-state index is 0.0332. The first-order valence-corrected chi connectivity index (χ1v) is 14.4. The highest BCUT2D eigenvalue weighted by atomic mass is 127. The number of hydrogen-bond donors (Lipinski definition) is 1. The monoisotopic (exact) mass is 653 g/mol. The molecule has 0 spiro atoms. The summed E-state index contributed by atoms with van der Waals surface area (Å²) >= 11 is 1.93. The topological polar surface area (TPSA) is 106 Å². The zero-order chi connectivity index (χ0) is 27.5. The van der Waals surface area contributed by atoms with Gasteiger partial charge in [-0.2, -0.15) is 9.49 Å². The molecule has 0 unspecified atom stereocenters. The number of pyridine rings is 1. The Kier molecular flexibility index (Phi) is 6.54. The highest BCUT2D eigenvalue weighted by Gasteiger charge is 2.31. The van der Waals surface area contributed by atoms with Crippen LogP contribution in [0.3, 0.4) is 0 Å². The highest BCUT2D eigenvalue weighted by molar-refractivity contribution is 14.1. The van der Waals surface area contributed by atoms with E-state index in [0.717, 1.165) is 15.1 Å². The molecule has 0 amide bonds. The summed E-state index contributed by atoms with van der Waals surface area (Å²) in [6, 6.07) is 10.5. The van der Waals surface area contributed by atoms with Crippen LogP contribution in [0.5, 0.6) is 0 Å². The third kappa shape index (κ3) is 4.57. The molecule has 0 atom stereocenters. The molecule has 0 aliphatic heterocycles. The smallest absolute Gasteiger partial charge is 0.289 e. The van der Waals surface area contributed by atoms with Crippen molar-refractivity contribution < 1.29 is 17.2 Å². The van der Waals surface area contributed by atoms with E-state index >= 15 is 4.39 Å². The number of hydrogen-bond acceptors (Lipinski definition) is 6. The molecule has 1 N–H and O–H groups in total. The van der Waals surface area contributed by atoms with E-state index in [4.69, 9.17) is 0 Å². The van der Waals surface area contributed by atoms with Gasteiger partial charge in [0.15, 0.2) is 0 Å². The fourth-order valence-corrected chi connectivity index (χ4v) is 5.15. The molecule has 13 heteroatoms. The number of rotatable bonds is 6. The van der Waals surface area contributed by atoms with E-state index < -0.39 is 38.5 Å². The van der Waals surface area contributed by atoms with Crippen molar-refractivity contribution in [3.05, 3.63) is 78.4 Å².